The van der Waals surface area contributed by atoms with Gasteiger partial charge in [-0.05, 0) is 50.4 Å². The summed E-state index contributed by atoms with van der Waals surface area (Å²) in [4.78, 5) is 26.7. The summed E-state index contributed by atoms with van der Waals surface area (Å²) in [5.74, 6) is -0.519. The molecule has 1 saturated heterocycles. The van der Waals surface area contributed by atoms with Crippen molar-refractivity contribution in [1.82, 2.24) is 4.90 Å². The minimum atomic E-state index is -0.518. The highest BCUT2D eigenvalue weighted by Gasteiger charge is 2.40. The van der Waals surface area contributed by atoms with Crippen molar-refractivity contribution in [2.45, 2.75) is 45.4 Å². The second-order valence-electron chi connectivity index (χ2n) is 7.80. The second-order valence-corrected chi connectivity index (χ2v) is 7.80. The average molecular weight is 363 g/mol. The quantitative estimate of drug-likeness (QED) is 0.622. The molecule has 2 aliphatic rings. The van der Waals surface area contributed by atoms with Crippen LogP contribution in [0.4, 0.5) is 0 Å². The molecule has 6 heteroatoms. The van der Waals surface area contributed by atoms with Crippen LogP contribution in [0.1, 0.15) is 53.5 Å². The second kappa shape index (κ2) is 6.62. The molecule has 2 aromatic carbocycles. The van der Waals surface area contributed by atoms with E-state index in [9.17, 15) is 9.59 Å². The number of rotatable bonds is 3. The first kappa shape index (κ1) is 18.0. The van der Waals surface area contributed by atoms with Gasteiger partial charge in [0, 0.05) is 6.10 Å². The van der Waals surface area contributed by atoms with Crippen LogP contribution in [0.2, 0.25) is 0 Å². The molecule has 2 amide bonds. The molecule has 0 aromatic heterocycles. The van der Waals surface area contributed by atoms with E-state index >= 15 is 0 Å². The number of carbonyl (C=O) groups excluding carboxylic acids is 2. The number of amides is 2. The van der Waals surface area contributed by atoms with E-state index in [1.807, 2.05) is 45.0 Å². The summed E-state index contributed by atoms with van der Waals surface area (Å²) in [6.07, 6.45) is 0.871. The Labute approximate surface area is 159 Å². The van der Waals surface area contributed by atoms with Crippen molar-refractivity contribution in [3.8, 4) is 0 Å². The molecule has 0 bridgehead atoms. The minimum Gasteiger partial charge on any atom is -0.405 e. The Morgan fingerprint density at radius 2 is 1.63 bits per heavy atom. The van der Waals surface area contributed by atoms with Crippen molar-refractivity contribution < 1.29 is 18.9 Å². The molecule has 0 saturated carbocycles. The number of hydrogen-bond acceptors (Lipinski definition) is 4. The molecular weight excluding hydrogens is 341 g/mol. The smallest absolute Gasteiger partial charge is 0.405 e. The van der Waals surface area contributed by atoms with Gasteiger partial charge in [-0.25, -0.2) is 0 Å². The summed E-state index contributed by atoms with van der Waals surface area (Å²) in [5, 5.41) is 0. The van der Waals surface area contributed by atoms with E-state index in [-0.39, 0.29) is 30.1 Å². The Morgan fingerprint density at radius 1 is 1.04 bits per heavy atom. The molecule has 27 heavy (non-hydrogen) atoms. The monoisotopic (exact) mass is 363 g/mol. The number of nitrogens with zero attached hydrogens (tertiary/aromatic N) is 1. The maximum atomic E-state index is 12.7. The van der Waals surface area contributed by atoms with E-state index in [2.05, 4.69) is 0 Å². The molecule has 0 radical (unpaired) electrons. The van der Waals surface area contributed by atoms with Gasteiger partial charge in [0.25, 0.3) is 11.8 Å². The highest BCUT2D eigenvalue weighted by Crippen LogP contribution is 2.27. The summed E-state index contributed by atoms with van der Waals surface area (Å²) < 4.78 is 12.2. The number of benzene rings is 2. The van der Waals surface area contributed by atoms with Crippen LogP contribution in [-0.2, 0) is 15.9 Å². The Hall–Kier alpha value is -2.44. The zero-order chi connectivity index (χ0) is 19.2. The summed E-state index contributed by atoms with van der Waals surface area (Å²) in [5.41, 5.74) is 2.32. The third kappa shape index (κ3) is 3.31. The fourth-order valence-electron chi connectivity index (χ4n) is 3.92. The topological polar surface area (TPSA) is 55.8 Å². The first-order chi connectivity index (χ1) is 12.9. The van der Waals surface area contributed by atoms with Crippen molar-refractivity contribution in [3.63, 3.8) is 0 Å². The first-order valence-corrected chi connectivity index (χ1v) is 9.22. The molecule has 4 rings (SSSR count). The van der Waals surface area contributed by atoms with Gasteiger partial charge < -0.3 is 9.31 Å². The molecule has 2 aromatic rings. The molecule has 5 nitrogen and oxygen atoms in total. The summed E-state index contributed by atoms with van der Waals surface area (Å²) in [7, 11) is -0.518. The van der Waals surface area contributed by atoms with E-state index in [4.69, 9.17) is 9.31 Å². The Bertz CT molecular complexity index is 876. The number of hydrogen-bond donors (Lipinski definition) is 0. The average Bonchev–Trinajstić information content (AvgIpc) is 2.86. The van der Waals surface area contributed by atoms with Crippen molar-refractivity contribution in [1.29, 1.82) is 0 Å². The molecule has 138 valence electrons. The summed E-state index contributed by atoms with van der Waals surface area (Å²) in [6.45, 7) is 6.32. The standard InChI is InChI=1S/C21H22BNO4/c1-14-12-21(2,3)27-22(26-14)18-11-7-4-8-15(18)13-23-19(24)16-9-5-6-10-17(16)20(23)25/h4-11,14H,12-13H2,1-3H3/t14-/m1/s1. The van der Waals surface area contributed by atoms with Gasteiger partial charge in [-0.15, -0.1) is 0 Å². The lowest BCUT2D eigenvalue weighted by Crippen LogP contribution is -2.53. The third-order valence-corrected chi connectivity index (χ3v) is 5.08. The summed E-state index contributed by atoms with van der Waals surface area (Å²) in [6, 6.07) is 14.6. The van der Waals surface area contributed by atoms with Gasteiger partial charge in [-0.2, -0.15) is 0 Å². The zero-order valence-electron chi connectivity index (χ0n) is 15.8. The van der Waals surface area contributed by atoms with Crippen molar-refractivity contribution in [2.24, 2.45) is 0 Å². The van der Waals surface area contributed by atoms with Crippen LogP contribution in [0.5, 0.6) is 0 Å². The zero-order valence-corrected chi connectivity index (χ0v) is 15.8. The maximum Gasteiger partial charge on any atom is 0.494 e. The Morgan fingerprint density at radius 3 is 2.26 bits per heavy atom. The molecule has 1 atom stereocenters. The molecule has 1 fully saturated rings. The van der Waals surface area contributed by atoms with Crippen LogP contribution in [0.3, 0.4) is 0 Å². The number of carbonyl (C=O) groups is 2. The fourth-order valence-corrected chi connectivity index (χ4v) is 3.92. The van der Waals surface area contributed by atoms with Crippen LogP contribution in [0, 0.1) is 0 Å². The van der Waals surface area contributed by atoms with Crippen LogP contribution < -0.4 is 5.46 Å². The summed E-state index contributed by atoms with van der Waals surface area (Å²) >= 11 is 0. The molecule has 0 N–H and O–H groups in total. The molecule has 0 unspecified atom stereocenters. The maximum absolute atomic E-state index is 12.7. The van der Waals surface area contributed by atoms with E-state index < -0.39 is 7.12 Å². The van der Waals surface area contributed by atoms with Crippen molar-refractivity contribution >= 4 is 24.4 Å². The lowest BCUT2D eigenvalue weighted by atomic mass is 9.72. The predicted molar refractivity (Wildman–Crippen MR) is 103 cm³/mol. The van der Waals surface area contributed by atoms with Gasteiger partial charge in [-0.3, -0.25) is 14.5 Å². The normalized spacial score (nSPS) is 21.5. The van der Waals surface area contributed by atoms with E-state index in [1.165, 1.54) is 4.90 Å². The van der Waals surface area contributed by atoms with Crippen molar-refractivity contribution in [3.05, 3.63) is 65.2 Å². The van der Waals surface area contributed by atoms with Gasteiger partial charge in [0.2, 0.25) is 0 Å². The van der Waals surface area contributed by atoms with E-state index in [0.717, 1.165) is 17.4 Å². The van der Waals surface area contributed by atoms with Crippen LogP contribution >= 0.6 is 0 Å². The van der Waals surface area contributed by atoms with Gasteiger partial charge >= 0.3 is 7.12 Å². The third-order valence-electron chi connectivity index (χ3n) is 5.08. The van der Waals surface area contributed by atoms with Gasteiger partial charge in [0.1, 0.15) is 0 Å². The first-order valence-electron chi connectivity index (χ1n) is 9.22. The van der Waals surface area contributed by atoms with Gasteiger partial charge in [-0.1, -0.05) is 36.4 Å². The largest absolute Gasteiger partial charge is 0.494 e. The fraction of sp³-hybridized carbons (Fsp3) is 0.333. The van der Waals surface area contributed by atoms with Crippen LogP contribution in [-0.4, -0.2) is 35.5 Å². The lowest BCUT2D eigenvalue weighted by molar-refractivity contribution is -0.0231. The number of fused-ring (bicyclic) bond motifs is 1. The molecule has 0 aliphatic carbocycles. The van der Waals surface area contributed by atoms with Gasteiger partial charge in [0.15, 0.2) is 0 Å². The molecule has 2 aliphatic heterocycles. The minimum absolute atomic E-state index is 0.0612. The SMILES string of the molecule is C[C@@H]1CC(C)(C)OB(c2ccccc2CN2C(=O)c3ccccc3C2=O)O1. The Kier molecular flexibility index (Phi) is 4.40. The van der Waals surface area contributed by atoms with Crippen LogP contribution in [0.15, 0.2) is 48.5 Å². The number of imide groups is 1. The highest BCUT2D eigenvalue weighted by atomic mass is 16.6. The van der Waals surface area contributed by atoms with Crippen molar-refractivity contribution in [2.75, 3.05) is 0 Å². The Balaban J connectivity index is 1.63. The van der Waals surface area contributed by atoms with E-state index in [1.54, 1.807) is 24.3 Å². The van der Waals surface area contributed by atoms with Gasteiger partial charge in [0.05, 0.1) is 23.3 Å². The molecular formula is C21H22BNO4. The molecule has 2 heterocycles. The highest BCUT2D eigenvalue weighted by molar-refractivity contribution is 6.62. The van der Waals surface area contributed by atoms with Crippen LogP contribution in [0.25, 0.3) is 0 Å². The predicted octanol–water partition coefficient (Wildman–Crippen LogP) is 2.78. The van der Waals surface area contributed by atoms with E-state index in [0.29, 0.717) is 11.1 Å². The lowest BCUT2D eigenvalue weighted by Gasteiger charge is -2.38. The molecule has 0 spiro atoms.